The summed E-state index contributed by atoms with van der Waals surface area (Å²) in [7, 11) is 1.71. The van der Waals surface area contributed by atoms with Crippen molar-refractivity contribution in [3.63, 3.8) is 0 Å². The smallest absolute Gasteiger partial charge is 0.0991 e. The summed E-state index contributed by atoms with van der Waals surface area (Å²) in [4.78, 5) is 0. The number of ether oxygens (including phenoxy) is 1. The Morgan fingerprint density at radius 3 is 2.76 bits per heavy atom. The maximum Gasteiger partial charge on any atom is 0.0991 e. The molecule has 0 aliphatic heterocycles. The zero-order valence-electron chi connectivity index (χ0n) is 10.9. The SMILES string of the molecule is COC(C)(C)CNC(C)c1cccc(C#N)c1. The lowest BCUT2D eigenvalue weighted by atomic mass is 10.0. The second-order valence-electron chi connectivity index (χ2n) is 4.80. The Morgan fingerprint density at radius 2 is 2.18 bits per heavy atom. The molecule has 1 atom stereocenters. The third kappa shape index (κ3) is 4.18. The quantitative estimate of drug-likeness (QED) is 0.848. The van der Waals surface area contributed by atoms with Crippen LogP contribution in [0.3, 0.4) is 0 Å². The van der Waals surface area contributed by atoms with Gasteiger partial charge in [-0.2, -0.15) is 5.26 Å². The average Bonchev–Trinajstić information content (AvgIpc) is 2.36. The van der Waals surface area contributed by atoms with Crippen molar-refractivity contribution in [2.24, 2.45) is 0 Å². The Balaban J connectivity index is 2.64. The van der Waals surface area contributed by atoms with Crippen molar-refractivity contribution in [3.8, 4) is 6.07 Å². The van der Waals surface area contributed by atoms with Gasteiger partial charge < -0.3 is 10.1 Å². The highest BCUT2D eigenvalue weighted by atomic mass is 16.5. The lowest BCUT2D eigenvalue weighted by Crippen LogP contribution is -2.37. The van der Waals surface area contributed by atoms with Gasteiger partial charge in [-0.15, -0.1) is 0 Å². The molecule has 3 heteroatoms. The molecular formula is C14H20N2O. The van der Waals surface area contributed by atoms with Gasteiger partial charge in [0.2, 0.25) is 0 Å². The van der Waals surface area contributed by atoms with Gasteiger partial charge in [0.25, 0.3) is 0 Å². The molecular weight excluding hydrogens is 212 g/mol. The molecule has 0 spiro atoms. The highest BCUT2D eigenvalue weighted by molar-refractivity contribution is 5.34. The Kier molecular flexibility index (Phi) is 4.68. The zero-order chi connectivity index (χ0) is 12.9. The minimum Gasteiger partial charge on any atom is -0.377 e. The van der Waals surface area contributed by atoms with Gasteiger partial charge in [-0.25, -0.2) is 0 Å². The van der Waals surface area contributed by atoms with Gasteiger partial charge in [-0.05, 0) is 38.5 Å². The number of hydrogen-bond donors (Lipinski definition) is 1. The number of nitriles is 1. The highest BCUT2D eigenvalue weighted by Gasteiger charge is 2.17. The van der Waals surface area contributed by atoms with E-state index < -0.39 is 0 Å². The molecule has 1 aromatic rings. The fraction of sp³-hybridized carbons (Fsp3) is 0.500. The van der Waals surface area contributed by atoms with E-state index in [1.54, 1.807) is 7.11 Å². The summed E-state index contributed by atoms with van der Waals surface area (Å²) >= 11 is 0. The lowest BCUT2D eigenvalue weighted by Gasteiger charge is -2.26. The summed E-state index contributed by atoms with van der Waals surface area (Å²) in [5.41, 5.74) is 1.64. The Bertz CT molecular complexity index is 407. The molecule has 17 heavy (non-hydrogen) atoms. The third-order valence-electron chi connectivity index (χ3n) is 2.90. The molecule has 1 N–H and O–H groups in total. The summed E-state index contributed by atoms with van der Waals surface area (Å²) in [6.07, 6.45) is 0. The van der Waals surface area contributed by atoms with Crippen molar-refractivity contribution in [3.05, 3.63) is 35.4 Å². The van der Waals surface area contributed by atoms with E-state index >= 15 is 0 Å². The predicted octanol–water partition coefficient (Wildman–Crippen LogP) is 2.63. The van der Waals surface area contributed by atoms with Crippen LogP contribution in [-0.4, -0.2) is 19.3 Å². The minimum atomic E-state index is -0.179. The largest absolute Gasteiger partial charge is 0.377 e. The molecule has 0 amide bonds. The molecule has 1 unspecified atom stereocenters. The summed E-state index contributed by atoms with van der Waals surface area (Å²) in [5.74, 6) is 0. The third-order valence-corrected chi connectivity index (χ3v) is 2.90. The molecule has 0 saturated heterocycles. The van der Waals surface area contributed by atoms with E-state index in [9.17, 15) is 0 Å². The summed E-state index contributed by atoms with van der Waals surface area (Å²) < 4.78 is 5.35. The molecule has 0 fully saturated rings. The van der Waals surface area contributed by atoms with Gasteiger partial charge in [0.15, 0.2) is 0 Å². The summed E-state index contributed by atoms with van der Waals surface area (Å²) in [6.45, 7) is 6.93. The van der Waals surface area contributed by atoms with E-state index in [1.165, 1.54) is 0 Å². The van der Waals surface area contributed by atoms with E-state index in [1.807, 2.05) is 38.1 Å². The molecule has 0 bridgehead atoms. The van der Waals surface area contributed by atoms with Gasteiger partial charge in [-0.1, -0.05) is 12.1 Å². The van der Waals surface area contributed by atoms with Crippen LogP contribution in [0.4, 0.5) is 0 Å². The predicted molar refractivity (Wildman–Crippen MR) is 68.7 cm³/mol. The second-order valence-corrected chi connectivity index (χ2v) is 4.80. The molecule has 0 aliphatic carbocycles. The van der Waals surface area contributed by atoms with Crippen LogP contribution < -0.4 is 5.32 Å². The van der Waals surface area contributed by atoms with Crippen LogP contribution in [0.1, 0.15) is 37.9 Å². The maximum absolute atomic E-state index is 8.85. The van der Waals surface area contributed by atoms with Crippen LogP contribution in [0.5, 0.6) is 0 Å². The molecule has 3 nitrogen and oxygen atoms in total. The fourth-order valence-corrected chi connectivity index (χ4v) is 1.47. The van der Waals surface area contributed by atoms with Crippen LogP contribution in [0, 0.1) is 11.3 Å². The van der Waals surface area contributed by atoms with Gasteiger partial charge in [-0.3, -0.25) is 0 Å². The summed E-state index contributed by atoms with van der Waals surface area (Å²) in [5, 5.41) is 12.3. The van der Waals surface area contributed by atoms with E-state index in [0.29, 0.717) is 5.56 Å². The standard InChI is InChI=1S/C14H20N2O/c1-11(16-10-14(2,3)17-4)13-7-5-6-12(8-13)9-15/h5-8,11,16H,10H2,1-4H3. The normalized spacial score (nSPS) is 13.1. The van der Waals surface area contributed by atoms with Crippen LogP contribution in [0.25, 0.3) is 0 Å². The van der Waals surface area contributed by atoms with E-state index in [4.69, 9.17) is 10.00 Å². The van der Waals surface area contributed by atoms with Crippen molar-refractivity contribution in [1.82, 2.24) is 5.32 Å². The van der Waals surface area contributed by atoms with Crippen LogP contribution in [0.2, 0.25) is 0 Å². The maximum atomic E-state index is 8.85. The topological polar surface area (TPSA) is 45.0 Å². The Morgan fingerprint density at radius 1 is 1.47 bits per heavy atom. The van der Waals surface area contributed by atoms with Crippen molar-refractivity contribution in [2.45, 2.75) is 32.4 Å². The number of benzene rings is 1. The van der Waals surface area contributed by atoms with E-state index in [-0.39, 0.29) is 11.6 Å². The first-order chi connectivity index (χ1) is 7.98. The van der Waals surface area contributed by atoms with Gasteiger partial charge in [0.05, 0.1) is 17.2 Å². The average molecular weight is 232 g/mol. The van der Waals surface area contributed by atoms with Crippen LogP contribution in [0.15, 0.2) is 24.3 Å². The number of nitrogens with zero attached hydrogens (tertiary/aromatic N) is 1. The lowest BCUT2D eigenvalue weighted by molar-refractivity contribution is 0.0214. The zero-order valence-corrected chi connectivity index (χ0v) is 10.9. The molecule has 1 rings (SSSR count). The number of nitrogens with one attached hydrogen (secondary N) is 1. The van der Waals surface area contributed by atoms with E-state index in [0.717, 1.165) is 12.1 Å². The molecule has 0 heterocycles. The van der Waals surface area contributed by atoms with E-state index in [2.05, 4.69) is 18.3 Å². The number of rotatable bonds is 5. The monoisotopic (exact) mass is 232 g/mol. The number of methoxy groups -OCH3 is 1. The molecule has 0 radical (unpaired) electrons. The van der Waals surface area contributed by atoms with Crippen molar-refractivity contribution in [2.75, 3.05) is 13.7 Å². The molecule has 0 aromatic heterocycles. The fourth-order valence-electron chi connectivity index (χ4n) is 1.47. The Labute approximate surface area is 103 Å². The number of hydrogen-bond acceptors (Lipinski definition) is 3. The molecule has 0 aliphatic rings. The van der Waals surface area contributed by atoms with Gasteiger partial charge in [0, 0.05) is 19.7 Å². The van der Waals surface area contributed by atoms with Crippen molar-refractivity contribution in [1.29, 1.82) is 5.26 Å². The molecule has 0 saturated carbocycles. The first kappa shape index (κ1) is 13.7. The second kappa shape index (κ2) is 5.81. The minimum absolute atomic E-state index is 0.179. The molecule has 1 aromatic carbocycles. The highest BCUT2D eigenvalue weighted by Crippen LogP contribution is 2.15. The Hall–Kier alpha value is -1.37. The first-order valence-electron chi connectivity index (χ1n) is 5.77. The van der Waals surface area contributed by atoms with Crippen molar-refractivity contribution >= 4 is 0 Å². The van der Waals surface area contributed by atoms with Crippen LogP contribution in [-0.2, 0) is 4.74 Å². The molecule has 92 valence electrons. The van der Waals surface area contributed by atoms with Gasteiger partial charge in [0.1, 0.15) is 0 Å². The van der Waals surface area contributed by atoms with Crippen LogP contribution >= 0.6 is 0 Å². The first-order valence-corrected chi connectivity index (χ1v) is 5.77. The summed E-state index contributed by atoms with van der Waals surface area (Å²) in [6, 6.07) is 10.0. The van der Waals surface area contributed by atoms with Crippen molar-refractivity contribution < 1.29 is 4.74 Å². The van der Waals surface area contributed by atoms with Gasteiger partial charge >= 0.3 is 0 Å².